The second-order valence-corrected chi connectivity index (χ2v) is 10.8. The Bertz CT molecular complexity index is 1290. The Balaban J connectivity index is 1.21. The van der Waals surface area contributed by atoms with Crippen molar-refractivity contribution >= 4 is 35.0 Å². The first-order valence-electron chi connectivity index (χ1n) is 11.9. The Morgan fingerprint density at radius 1 is 1.06 bits per heavy atom. The highest BCUT2D eigenvalue weighted by Crippen LogP contribution is 2.54. The van der Waals surface area contributed by atoms with E-state index < -0.39 is 0 Å². The lowest BCUT2D eigenvalue weighted by atomic mass is 9.60. The van der Waals surface area contributed by atoms with Crippen LogP contribution in [0.4, 0.5) is 5.69 Å². The first-order valence-corrected chi connectivity index (χ1v) is 12.7. The first kappa shape index (κ1) is 21.8. The molecule has 4 nitrogen and oxygen atoms in total. The summed E-state index contributed by atoms with van der Waals surface area (Å²) >= 11 is 13.0. The van der Waals surface area contributed by atoms with Crippen LogP contribution in [0.3, 0.4) is 0 Å². The molecule has 0 radical (unpaired) electrons. The van der Waals surface area contributed by atoms with E-state index in [4.69, 9.17) is 27.7 Å². The molecule has 172 valence electrons. The summed E-state index contributed by atoms with van der Waals surface area (Å²) in [5.41, 5.74) is 6.30. The number of piperidine rings is 1. The van der Waals surface area contributed by atoms with Crippen molar-refractivity contribution in [3.8, 4) is 17.3 Å². The fraction of sp³-hybridized carbons (Fsp3) is 0.357. The van der Waals surface area contributed by atoms with Crippen LogP contribution in [0.2, 0.25) is 10.0 Å². The molecule has 2 aliphatic carbocycles. The Hall–Kier alpha value is -2.74. The molecule has 3 aromatic rings. The molecule has 2 saturated carbocycles. The van der Waals surface area contributed by atoms with Crippen LogP contribution in [0.15, 0.2) is 52.6 Å². The van der Waals surface area contributed by atoms with Crippen LogP contribution in [0, 0.1) is 16.7 Å². The molecule has 1 aliphatic heterocycles. The summed E-state index contributed by atoms with van der Waals surface area (Å²) in [4.78, 5) is 2.41. The molecule has 6 heteroatoms. The van der Waals surface area contributed by atoms with Crippen molar-refractivity contribution in [2.45, 2.75) is 44.4 Å². The van der Waals surface area contributed by atoms with Gasteiger partial charge >= 0.3 is 0 Å². The van der Waals surface area contributed by atoms with Gasteiger partial charge < -0.3 is 9.42 Å². The molecule has 0 atom stereocenters. The van der Waals surface area contributed by atoms with Crippen LogP contribution in [-0.4, -0.2) is 18.2 Å². The van der Waals surface area contributed by atoms with Gasteiger partial charge in [0.15, 0.2) is 0 Å². The molecule has 3 aliphatic rings. The molecule has 1 saturated heterocycles. The van der Waals surface area contributed by atoms with Crippen LogP contribution >= 0.6 is 23.2 Å². The molecule has 0 amide bonds. The largest absolute Gasteiger partial charge is 0.371 e. The van der Waals surface area contributed by atoms with Gasteiger partial charge in [0, 0.05) is 35.8 Å². The highest BCUT2D eigenvalue weighted by Gasteiger charge is 2.43. The molecule has 1 aromatic heterocycles. The second-order valence-electron chi connectivity index (χ2n) is 9.99. The van der Waals surface area contributed by atoms with Crippen LogP contribution in [-0.2, 0) is 0 Å². The minimum Gasteiger partial charge on any atom is -0.371 e. The normalized spacial score (nSPS) is 19.1. The van der Waals surface area contributed by atoms with E-state index in [9.17, 15) is 5.26 Å². The van der Waals surface area contributed by atoms with Gasteiger partial charge in [0.1, 0.15) is 11.5 Å². The van der Waals surface area contributed by atoms with Crippen molar-refractivity contribution in [2.75, 3.05) is 18.0 Å². The van der Waals surface area contributed by atoms with Crippen LogP contribution in [0.5, 0.6) is 0 Å². The zero-order valence-corrected chi connectivity index (χ0v) is 20.4. The van der Waals surface area contributed by atoms with Crippen molar-refractivity contribution in [1.29, 1.82) is 5.26 Å². The van der Waals surface area contributed by atoms with Crippen molar-refractivity contribution < 1.29 is 4.52 Å². The molecule has 0 N–H and O–H groups in total. The minimum atomic E-state index is 0.383. The summed E-state index contributed by atoms with van der Waals surface area (Å²) < 4.78 is 5.83. The maximum atomic E-state index is 9.20. The predicted molar refractivity (Wildman–Crippen MR) is 136 cm³/mol. The number of nitriles is 1. The summed E-state index contributed by atoms with van der Waals surface area (Å²) in [5.74, 6) is 1.43. The van der Waals surface area contributed by atoms with E-state index >= 15 is 0 Å². The monoisotopic (exact) mass is 489 g/mol. The van der Waals surface area contributed by atoms with E-state index in [1.165, 1.54) is 18.4 Å². The smallest absolute Gasteiger partial charge is 0.147 e. The maximum absolute atomic E-state index is 9.20. The van der Waals surface area contributed by atoms with Gasteiger partial charge in [-0.2, -0.15) is 5.26 Å². The van der Waals surface area contributed by atoms with Gasteiger partial charge in [-0.05, 0) is 80.3 Å². The third-order valence-electron chi connectivity index (χ3n) is 7.62. The Morgan fingerprint density at radius 3 is 2.44 bits per heavy atom. The molecule has 3 fully saturated rings. The molecule has 2 heterocycles. The SMILES string of the molecule is N#Cc1cccc(N2CCC3(CC2)CC(=Cc2c(-c4c(Cl)cccc4Cl)noc2C2CC2)C3)c1. The van der Waals surface area contributed by atoms with Gasteiger partial charge in [0.05, 0.1) is 21.7 Å². The topological polar surface area (TPSA) is 53.1 Å². The van der Waals surface area contributed by atoms with Crippen molar-refractivity contribution in [1.82, 2.24) is 5.16 Å². The van der Waals surface area contributed by atoms with Crippen LogP contribution in [0.1, 0.15) is 61.3 Å². The fourth-order valence-electron chi connectivity index (χ4n) is 5.58. The lowest BCUT2D eigenvalue weighted by molar-refractivity contribution is 0.155. The molecule has 34 heavy (non-hydrogen) atoms. The highest BCUT2D eigenvalue weighted by atomic mass is 35.5. The number of hydrogen-bond acceptors (Lipinski definition) is 4. The number of aromatic nitrogens is 1. The molecule has 1 spiro atoms. The van der Waals surface area contributed by atoms with Gasteiger partial charge in [-0.15, -0.1) is 0 Å². The van der Waals surface area contributed by atoms with E-state index in [0.717, 1.165) is 72.6 Å². The number of nitrogens with zero attached hydrogens (tertiary/aromatic N) is 3. The summed E-state index contributed by atoms with van der Waals surface area (Å²) in [6.45, 7) is 2.06. The zero-order chi connectivity index (χ0) is 23.3. The fourth-order valence-corrected chi connectivity index (χ4v) is 6.15. The molecule has 6 rings (SSSR count). The van der Waals surface area contributed by atoms with Crippen molar-refractivity contribution in [3.63, 3.8) is 0 Å². The molecule has 2 aromatic carbocycles. The number of hydrogen-bond donors (Lipinski definition) is 0. The van der Waals surface area contributed by atoms with Gasteiger partial charge in [0.25, 0.3) is 0 Å². The van der Waals surface area contributed by atoms with Gasteiger partial charge in [-0.1, -0.05) is 46.1 Å². The molecule has 0 bridgehead atoms. The van der Waals surface area contributed by atoms with Crippen molar-refractivity contribution in [3.05, 3.63) is 75.0 Å². The van der Waals surface area contributed by atoms with E-state index in [-0.39, 0.29) is 0 Å². The lowest BCUT2D eigenvalue weighted by Gasteiger charge is -2.50. The average Bonchev–Trinajstić information content (AvgIpc) is 3.60. The molecular weight excluding hydrogens is 465 g/mol. The Kier molecular flexibility index (Phi) is 5.43. The number of benzene rings is 2. The van der Waals surface area contributed by atoms with E-state index in [1.54, 1.807) is 0 Å². The molecular formula is C28H25Cl2N3O. The van der Waals surface area contributed by atoms with Gasteiger partial charge in [0.2, 0.25) is 0 Å². The van der Waals surface area contributed by atoms with E-state index in [2.05, 4.69) is 28.3 Å². The predicted octanol–water partition coefficient (Wildman–Crippen LogP) is 7.86. The number of allylic oxidation sites excluding steroid dienone is 1. The van der Waals surface area contributed by atoms with E-state index in [0.29, 0.717) is 21.4 Å². The van der Waals surface area contributed by atoms with Crippen LogP contribution < -0.4 is 4.90 Å². The van der Waals surface area contributed by atoms with Crippen LogP contribution in [0.25, 0.3) is 17.3 Å². The first-order chi connectivity index (χ1) is 16.5. The van der Waals surface area contributed by atoms with E-state index in [1.807, 2.05) is 36.4 Å². The summed E-state index contributed by atoms with van der Waals surface area (Å²) in [5, 5.41) is 14.8. The Labute approximate surface area is 209 Å². The van der Waals surface area contributed by atoms with Gasteiger partial charge in [-0.25, -0.2) is 0 Å². The summed E-state index contributed by atoms with van der Waals surface area (Å²) in [7, 11) is 0. The standard InChI is InChI=1S/C28H25Cl2N3O/c29-23-5-2-6-24(30)25(23)26-22(27(34-32-26)20-7-8-20)14-19-15-28(16-19)9-11-33(12-10-28)21-4-1-3-18(13-21)17-31/h1-6,13-14,20H,7-12,15-16H2. The minimum absolute atomic E-state index is 0.383. The third-order valence-corrected chi connectivity index (χ3v) is 8.25. The third kappa shape index (κ3) is 3.91. The summed E-state index contributed by atoms with van der Waals surface area (Å²) in [6.07, 6.45) is 9.16. The number of rotatable bonds is 4. The summed E-state index contributed by atoms with van der Waals surface area (Å²) in [6, 6.07) is 15.7. The number of halogens is 2. The number of anilines is 1. The van der Waals surface area contributed by atoms with Gasteiger partial charge in [-0.3, -0.25) is 0 Å². The highest BCUT2D eigenvalue weighted by molar-refractivity contribution is 6.39. The zero-order valence-electron chi connectivity index (χ0n) is 18.9. The maximum Gasteiger partial charge on any atom is 0.147 e. The quantitative estimate of drug-likeness (QED) is 0.374. The lowest BCUT2D eigenvalue weighted by Crippen LogP contribution is -2.44. The average molecular weight is 490 g/mol. The Morgan fingerprint density at radius 2 is 1.76 bits per heavy atom. The second kappa shape index (κ2) is 8.48. The molecule has 0 unspecified atom stereocenters. The van der Waals surface area contributed by atoms with Crippen molar-refractivity contribution in [2.24, 2.45) is 5.41 Å².